The largest absolute Gasteiger partial charge is 0.481 e. The Bertz CT molecular complexity index is 1040. The quantitative estimate of drug-likeness (QED) is 0.643. The molecule has 0 radical (unpaired) electrons. The number of aliphatic carboxylic acids is 1. The molecule has 0 bridgehead atoms. The SMILES string of the molecule is Cc1ccc2[nH]c(-c3ccc(N4CCC(OCC(C)(C)C(=O)O)CC4)nc3)nc2n1. The van der Waals surface area contributed by atoms with Gasteiger partial charge in [-0.15, -0.1) is 0 Å². The van der Waals surface area contributed by atoms with Crippen LogP contribution in [-0.4, -0.2) is 56.8 Å². The van der Waals surface area contributed by atoms with Crippen molar-refractivity contribution in [3.05, 3.63) is 36.2 Å². The van der Waals surface area contributed by atoms with Crippen LogP contribution in [0.25, 0.3) is 22.6 Å². The number of nitrogens with zero attached hydrogens (tertiary/aromatic N) is 4. The van der Waals surface area contributed by atoms with Gasteiger partial charge in [0.25, 0.3) is 0 Å². The lowest BCUT2D eigenvalue weighted by molar-refractivity contribution is -0.152. The molecule has 0 spiro atoms. The summed E-state index contributed by atoms with van der Waals surface area (Å²) in [6.07, 6.45) is 3.63. The van der Waals surface area contributed by atoms with Crippen molar-refractivity contribution in [3.63, 3.8) is 0 Å². The fourth-order valence-corrected chi connectivity index (χ4v) is 3.48. The predicted molar refractivity (Wildman–Crippen MR) is 114 cm³/mol. The van der Waals surface area contributed by atoms with Crippen LogP contribution in [0.3, 0.4) is 0 Å². The molecule has 30 heavy (non-hydrogen) atoms. The van der Waals surface area contributed by atoms with Crippen molar-refractivity contribution >= 4 is 23.0 Å². The molecule has 4 heterocycles. The monoisotopic (exact) mass is 409 g/mol. The van der Waals surface area contributed by atoms with Crippen LogP contribution >= 0.6 is 0 Å². The normalized spacial score (nSPS) is 15.6. The highest BCUT2D eigenvalue weighted by atomic mass is 16.5. The number of pyridine rings is 2. The highest BCUT2D eigenvalue weighted by Crippen LogP contribution is 2.25. The number of nitrogens with one attached hydrogen (secondary N) is 1. The van der Waals surface area contributed by atoms with Gasteiger partial charge in [0.15, 0.2) is 5.65 Å². The van der Waals surface area contributed by atoms with Gasteiger partial charge in [-0.05, 0) is 57.9 Å². The number of fused-ring (bicyclic) bond motifs is 1. The maximum absolute atomic E-state index is 11.2. The molecule has 3 aromatic rings. The van der Waals surface area contributed by atoms with Gasteiger partial charge < -0.3 is 19.7 Å². The number of hydrogen-bond donors (Lipinski definition) is 2. The summed E-state index contributed by atoms with van der Waals surface area (Å²) in [6, 6.07) is 7.97. The number of carbonyl (C=O) groups is 1. The second-order valence-electron chi connectivity index (χ2n) is 8.50. The van der Waals surface area contributed by atoms with E-state index in [1.807, 2.05) is 37.4 Å². The Morgan fingerprint density at radius 2 is 2.00 bits per heavy atom. The summed E-state index contributed by atoms with van der Waals surface area (Å²) in [6.45, 7) is 7.22. The van der Waals surface area contributed by atoms with E-state index in [4.69, 9.17) is 4.74 Å². The van der Waals surface area contributed by atoms with E-state index in [0.717, 1.165) is 54.3 Å². The number of carboxylic acids is 1. The van der Waals surface area contributed by atoms with Crippen molar-refractivity contribution in [1.29, 1.82) is 0 Å². The number of rotatable bonds is 6. The molecule has 8 heteroatoms. The minimum absolute atomic E-state index is 0.0886. The van der Waals surface area contributed by atoms with Crippen molar-refractivity contribution in [3.8, 4) is 11.4 Å². The third-order valence-electron chi connectivity index (χ3n) is 5.53. The topological polar surface area (TPSA) is 104 Å². The van der Waals surface area contributed by atoms with Gasteiger partial charge in [0.2, 0.25) is 0 Å². The van der Waals surface area contributed by atoms with Crippen molar-refractivity contribution in [2.45, 2.75) is 39.7 Å². The number of piperidine rings is 1. The molecule has 0 aliphatic carbocycles. The molecular weight excluding hydrogens is 382 g/mol. The number of imidazole rings is 1. The van der Waals surface area contributed by atoms with Crippen LogP contribution in [0.2, 0.25) is 0 Å². The van der Waals surface area contributed by atoms with E-state index in [1.54, 1.807) is 13.8 Å². The second kappa shape index (κ2) is 8.02. The molecule has 1 fully saturated rings. The van der Waals surface area contributed by atoms with Crippen molar-refractivity contribution in [1.82, 2.24) is 19.9 Å². The van der Waals surface area contributed by atoms with Gasteiger partial charge in [0, 0.05) is 30.5 Å². The third-order valence-corrected chi connectivity index (χ3v) is 5.53. The molecule has 0 saturated carbocycles. The van der Waals surface area contributed by atoms with Gasteiger partial charge in [-0.2, -0.15) is 0 Å². The van der Waals surface area contributed by atoms with Crippen molar-refractivity contribution in [2.75, 3.05) is 24.6 Å². The lowest BCUT2D eigenvalue weighted by atomic mass is 9.95. The molecule has 3 aromatic heterocycles. The molecular formula is C22H27N5O3. The van der Waals surface area contributed by atoms with E-state index < -0.39 is 11.4 Å². The number of hydrogen-bond acceptors (Lipinski definition) is 6. The fraction of sp³-hybridized carbons (Fsp3) is 0.455. The maximum Gasteiger partial charge on any atom is 0.311 e. The summed E-state index contributed by atoms with van der Waals surface area (Å²) in [7, 11) is 0. The van der Waals surface area contributed by atoms with Gasteiger partial charge >= 0.3 is 5.97 Å². The Morgan fingerprint density at radius 1 is 1.23 bits per heavy atom. The van der Waals surface area contributed by atoms with Crippen molar-refractivity contribution in [2.24, 2.45) is 5.41 Å². The first kappa shape index (κ1) is 20.3. The second-order valence-corrected chi connectivity index (χ2v) is 8.50. The van der Waals surface area contributed by atoms with E-state index in [-0.39, 0.29) is 12.7 Å². The van der Waals surface area contributed by atoms with Crippen LogP contribution in [0, 0.1) is 12.3 Å². The lowest BCUT2D eigenvalue weighted by Gasteiger charge is -2.34. The Labute approximate surface area is 175 Å². The molecule has 8 nitrogen and oxygen atoms in total. The van der Waals surface area contributed by atoms with E-state index >= 15 is 0 Å². The molecule has 1 aliphatic rings. The molecule has 1 saturated heterocycles. The summed E-state index contributed by atoms with van der Waals surface area (Å²) < 4.78 is 5.86. The minimum Gasteiger partial charge on any atom is -0.481 e. The van der Waals surface area contributed by atoms with Gasteiger partial charge in [0.05, 0.1) is 23.6 Å². The molecule has 2 N–H and O–H groups in total. The number of aromatic amines is 1. The zero-order valence-corrected chi connectivity index (χ0v) is 17.6. The lowest BCUT2D eigenvalue weighted by Crippen LogP contribution is -2.39. The van der Waals surface area contributed by atoms with E-state index in [9.17, 15) is 9.90 Å². The van der Waals surface area contributed by atoms with E-state index in [2.05, 4.69) is 24.8 Å². The standard InChI is InChI=1S/C22H27N5O3/c1-14-4-6-17-20(24-14)26-19(25-17)15-5-7-18(23-12-15)27-10-8-16(9-11-27)30-13-22(2,3)21(28)29/h4-7,12,16H,8-11,13H2,1-3H3,(H,28,29)(H,24,25,26). The van der Waals surface area contributed by atoms with Gasteiger partial charge in [-0.1, -0.05) is 0 Å². The maximum atomic E-state index is 11.2. The number of H-pyrrole nitrogens is 1. The summed E-state index contributed by atoms with van der Waals surface area (Å²) in [4.78, 5) is 30.4. The summed E-state index contributed by atoms with van der Waals surface area (Å²) in [5, 5.41) is 9.21. The number of aromatic nitrogens is 4. The fourth-order valence-electron chi connectivity index (χ4n) is 3.48. The number of carboxylic acid groups (broad SMARTS) is 1. The molecule has 158 valence electrons. The first-order valence-electron chi connectivity index (χ1n) is 10.2. The van der Waals surface area contributed by atoms with Crippen LogP contribution < -0.4 is 4.90 Å². The molecule has 0 aromatic carbocycles. The molecule has 0 atom stereocenters. The van der Waals surface area contributed by atoms with Gasteiger partial charge in [-0.25, -0.2) is 15.0 Å². The van der Waals surface area contributed by atoms with Crippen LogP contribution in [0.4, 0.5) is 5.82 Å². The Morgan fingerprint density at radius 3 is 2.67 bits per heavy atom. The van der Waals surface area contributed by atoms with Crippen LogP contribution in [0.5, 0.6) is 0 Å². The minimum atomic E-state index is -0.862. The van der Waals surface area contributed by atoms with E-state index in [1.165, 1.54) is 0 Å². The van der Waals surface area contributed by atoms with Crippen LogP contribution in [-0.2, 0) is 9.53 Å². The van der Waals surface area contributed by atoms with Crippen molar-refractivity contribution < 1.29 is 14.6 Å². The Balaban J connectivity index is 1.36. The summed E-state index contributed by atoms with van der Waals surface area (Å²) in [5.41, 5.74) is 2.62. The Kier molecular flexibility index (Phi) is 5.42. The molecule has 0 amide bonds. The summed E-state index contributed by atoms with van der Waals surface area (Å²) in [5.74, 6) is 0.850. The van der Waals surface area contributed by atoms with Gasteiger partial charge in [-0.3, -0.25) is 4.79 Å². The third kappa shape index (κ3) is 4.28. The Hall–Kier alpha value is -3.00. The predicted octanol–water partition coefficient (Wildman–Crippen LogP) is 3.42. The zero-order chi connectivity index (χ0) is 21.3. The summed E-state index contributed by atoms with van der Waals surface area (Å²) >= 11 is 0. The first-order valence-corrected chi connectivity index (χ1v) is 10.2. The smallest absolute Gasteiger partial charge is 0.311 e. The van der Waals surface area contributed by atoms with Gasteiger partial charge in [0.1, 0.15) is 11.6 Å². The first-order chi connectivity index (χ1) is 14.3. The number of aryl methyl sites for hydroxylation is 1. The highest BCUT2D eigenvalue weighted by Gasteiger charge is 2.30. The average Bonchev–Trinajstić information content (AvgIpc) is 3.16. The average molecular weight is 409 g/mol. The highest BCUT2D eigenvalue weighted by molar-refractivity contribution is 5.76. The number of ether oxygens (including phenoxy) is 1. The molecule has 4 rings (SSSR count). The van der Waals surface area contributed by atoms with Crippen LogP contribution in [0.15, 0.2) is 30.5 Å². The number of anilines is 1. The molecule has 0 unspecified atom stereocenters. The van der Waals surface area contributed by atoms with E-state index in [0.29, 0.717) is 5.65 Å². The van der Waals surface area contributed by atoms with Crippen LogP contribution in [0.1, 0.15) is 32.4 Å². The zero-order valence-electron chi connectivity index (χ0n) is 17.6. The molecule has 1 aliphatic heterocycles.